The van der Waals surface area contributed by atoms with Crippen LogP contribution in [0, 0.1) is 17.1 Å². The Morgan fingerprint density at radius 2 is 1.74 bits per heavy atom. The highest BCUT2D eigenvalue weighted by Crippen LogP contribution is 2.34. The summed E-state index contributed by atoms with van der Waals surface area (Å²) in [6.45, 7) is 0. The van der Waals surface area contributed by atoms with E-state index in [2.05, 4.69) is 15.8 Å². The Hall–Kier alpha value is -3.38. The second kappa shape index (κ2) is 10.3. The van der Waals surface area contributed by atoms with Crippen molar-refractivity contribution in [3.05, 3.63) is 107 Å². The van der Waals surface area contributed by atoms with Gasteiger partial charge in [0.25, 0.3) is 10.0 Å². The Morgan fingerprint density at radius 1 is 1.00 bits per heavy atom. The van der Waals surface area contributed by atoms with E-state index in [0.717, 1.165) is 5.56 Å². The van der Waals surface area contributed by atoms with E-state index in [4.69, 9.17) is 11.6 Å². The zero-order chi connectivity index (χ0) is 24.1. The van der Waals surface area contributed by atoms with E-state index in [0.29, 0.717) is 21.4 Å². The number of sulfonamides is 1. The lowest BCUT2D eigenvalue weighted by Crippen LogP contribution is -2.14. The molecule has 170 valence electrons. The third-order valence-electron chi connectivity index (χ3n) is 4.79. The van der Waals surface area contributed by atoms with Gasteiger partial charge in [-0.05, 0) is 60.2 Å². The van der Waals surface area contributed by atoms with Crippen LogP contribution in [-0.4, -0.2) is 13.4 Å². The normalized spacial score (nSPS) is 11.1. The van der Waals surface area contributed by atoms with E-state index >= 15 is 0 Å². The van der Waals surface area contributed by atoms with Crippen LogP contribution in [0.15, 0.2) is 94.9 Å². The smallest absolute Gasteiger partial charge is 0.261 e. The molecular weight excluding hydrogens is 493 g/mol. The van der Waals surface area contributed by atoms with Crippen molar-refractivity contribution >= 4 is 39.1 Å². The van der Waals surface area contributed by atoms with Crippen molar-refractivity contribution in [3.63, 3.8) is 0 Å². The van der Waals surface area contributed by atoms with E-state index in [9.17, 15) is 18.1 Å². The lowest BCUT2D eigenvalue weighted by atomic mass is 10.1. The van der Waals surface area contributed by atoms with Gasteiger partial charge in [0, 0.05) is 16.3 Å². The topological polar surface area (TPSA) is 82.9 Å². The highest BCUT2D eigenvalue weighted by Gasteiger charge is 2.20. The van der Waals surface area contributed by atoms with Crippen molar-refractivity contribution in [1.82, 2.24) is 4.98 Å². The molecule has 5 nitrogen and oxygen atoms in total. The first-order valence-electron chi connectivity index (χ1n) is 10.0. The van der Waals surface area contributed by atoms with Gasteiger partial charge >= 0.3 is 0 Å². The second-order valence-corrected chi connectivity index (χ2v) is 10.3. The quantitative estimate of drug-likeness (QED) is 0.287. The SMILES string of the molecule is N#Cc1cc(NS(=O)(=O)c2ccccc2)c(-c2ccc(F)cc2)nc1SCc1cccc(Cl)c1. The van der Waals surface area contributed by atoms with Crippen LogP contribution in [0.3, 0.4) is 0 Å². The summed E-state index contributed by atoms with van der Waals surface area (Å²) < 4.78 is 42.0. The van der Waals surface area contributed by atoms with Crippen molar-refractivity contribution in [2.75, 3.05) is 4.72 Å². The minimum absolute atomic E-state index is 0.0676. The molecule has 0 radical (unpaired) electrons. The summed E-state index contributed by atoms with van der Waals surface area (Å²) in [6, 6.07) is 24.3. The molecular formula is C25H17ClFN3O2S2. The van der Waals surface area contributed by atoms with Crippen LogP contribution in [0.2, 0.25) is 5.02 Å². The van der Waals surface area contributed by atoms with Crippen LogP contribution in [0.25, 0.3) is 11.3 Å². The van der Waals surface area contributed by atoms with Gasteiger partial charge in [-0.25, -0.2) is 17.8 Å². The largest absolute Gasteiger partial charge is 0.277 e. The van der Waals surface area contributed by atoms with Gasteiger partial charge in [0.15, 0.2) is 0 Å². The number of nitrogens with one attached hydrogen (secondary N) is 1. The van der Waals surface area contributed by atoms with Gasteiger partial charge in [0.2, 0.25) is 0 Å². The molecule has 0 aliphatic carbocycles. The maximum atomic E-state index is 13.5. The molecule has 9 heteroatoms. The maximum absolute atomic E-state index is 13.5. The third-order valence-corrected chi connectivity index (χ3v) is 7.47. The molecule has 3 aromatic carbocycles. The van der Waals surface area contributed by atoms with E-state index in [1.54, 1.807) is 24.3 Å². The molecule has 0 aliphatic rings. The minimum atomic E-state index is -3.94. The molecule has 0 aliphatic heterocycles. The zero-order valence-electron chi connectivity index (χ0n) is 17.6. The first kappa shape index (κ1) is 23.8. The van der Waals surface area contributed by atoms with Crippen molar-refractivity contribution in [3.8, 4) is 17.3 Å². The van der Waals surface area contributed by atoms with Gasteiger partial charge in [0.1, 0.15) is 16.9 Å². The molecule has 4 aromatic rings. The van der Waals surface area contributed by atoms with Crippen LogP contribution in [0.4, 0.5) is 10.1 Å². The molecule has 0 bridgehead atoms. The average molecular weight is 510 g/mol. The van der Waals surface area contributed by atoms with Crippen molar-refractivity contribution < 1.29 is 12.8 Å². The van der Waals surface area contributed by atoms with Crippen LogP contribution in [-0.2, 0) is 15.8 Å². The molecule has 4 rings (SSSR count). The van der Waals surface area contributed by atoms with Crippen LogP contribution < -0.4 is 4.72 Å². The van der Waals surface area contributed by atoms with Crippen LogP contribution >= 0.6 is 23.4 Å². The van der Waals surface area contributed by atoms with E-state index < -0.39 is 15.8 Å². The molecule has 1 N–H and O–H groups in total. The third kappa shape index (κ3) is 5.57. The highest BCUT2D eigenvalue weighted by molar-refractivity contribution is 7.98. The Labute approximate surface area is 206 Å². The van der Waals surface area contributed by atoms with E-state index in [1.807, 2.05) is 18.2 Å². The number of rotatable bonds is 7. The second-order valence-electron chi connectivity index (χ2n) is 7.19. The van der Waals surface area contributed by atoms with Crippen molar-refractivity contribution in [2.24, 2.45) is 0 Å². The summed E-state index contributed by atoms with van der Waals surface area (Å²) in [7, 11) is -3.94. The summed E-state index contributed by atoms with van der Waals surface area (Å²) in [4.78, 5) is 4.68. The number of nitrogens with zero attached hydrogens (tertiary/aromatic N) is 2. The van der Waals surface area contributed by atoms with Crippen molar-refractivity contribution in [2.45, 2.75) is 15.7 Å². The Balaban J connectivity index is 1.77. The molecule has 1 aromatic heterocycles. The molecule has 0 saturated carbocycles. The molecule has 0 unspecified atom stereocenters. The molecule has 0 atom stereocenters. The summed E-state index contributed by atoms with van der Waals surface area (Å²) in [6.07, 6.45) is 0. The summed E-state index contributed by atoms with van der Waals surface area (Å²) >= 11 is 7.39. The lowest BCUT2D eigenvalue weighted by Gasteiger charge is -2.15. The van der Waals surface area contributed by atoms with Gasteiger partial charge in [-0.2, -0.15) is 5.26 Å². The molecule has 0 fully saturated rings. The Bertz CT molecular complexity index is 1470. The van der Waals surface area contributed by atoms with Crippen LogP contribution in [0.1, 0.15) is 11.1 Å². The fourth-order valence-electron chi connectivity index (χ4n) is 3.17. The van der Waals surface area contributed by atoms with E-state index in [-0.39, 0.29) is 21.8 Å². The van der Waals surface area contributed by atoms with Crippen molar-refractivity contribution in [1.29, 1.82) is 5.26 Å². The predicted octanol–water partition coefficient (Wildman–Crippen LogP) is 6.51. The number of hydrogen-bond donors (Lipinski definition) is 1. The van der Waals surface area contributed by atoms with Gasteiger partial charge in [-0.15, -0.1) is 11.8 Å². The Morgan fingerprint density at radius 3 is 2.41 bits per heavy atom. The number of hydrogen-bond acceptors (Lipinski definition) is 5. The first-order chi connectivity index (χ1) is 16.4. The van der Waals surface area contributed by atoms with Gasteiger partial charge < -0.3 is 0 Å². The zero-order valence-corrected chi connectivity index (χ0v) is 20.0. The fourth-order valence-corrected chi connectivity index (χ4v) is 5.36. The molecule has 0 amide bonds. The number of thioether (sulfide) groups is 1. The first-order valence-corrected chi connectivity index (χ1v) is 12.9. The maximum Gasteiger partial charge on any atom is 0.261 e. The molecule has 0 saturated heterocycles. The van der Waals surface area contributed by atoms with Crippen LogP contribution in [0.5, 0.6) is 0 Å². The fraction of sp³-hybridized carbons (Fsp3) is 0.0400. The Kier molecular flexibility index (Phi) is 7.17. The summed E-state index contributed by atoms with van der Waals surface area (Å²) in [5.41, 5.74) is 2.07. The minimum Gasteiger partial charge on any atom is -0.277 e. The summed E-state index contributed by atoms with van der Waals surface area (Å²) in [5.74, 6) is 0.0690. The highest BCUT2D eigenvalue weighted by atomic mass is 35.5. The number of nitriles is 1. The standard InChI is InChI=1S/C25H17ClFN3O2S2/c26-20-6-4-5-17(13-20)16-33-25-19(15-28)14-23(24(29-25)18-9-11-21(27)12-10-18)30-34(31,32)22-7-2-1-3-8-22/h1-14,30H,16H2. The number of anilines is 1. The molecule has 1 heterocycles. The monoisotopic (exact) mass is 509 g/mol. The number of aromatic nitrogens is 1. The van der Waals surface area contributed by atoms with Gasteiger partial charge in [0.05, 0.1) is 21.8 Å². The lowest BCUT2D eigenvalue weighted by molar-refractivity contribution is 0.601. The molecule has 0 spiro atoms. The number of halogens is 2. The summed E-state index contributed by atoms with van der Waals surface area (Å²) in [5, 5.41) is 10.8. The van der Waals surface area contributed by atoms with Gasteiger partial charge in [-0.3, -0.25) is 4.72 Å². The average Bonchev–Trinajstić information content (AvgIpc) is 2.84. The van der Waals surface area contributed by atoms with E-state index in [1.165, 1.54) is 54.2 Å². The van der Waals surface area contributed by atoms with Gasteiger partial charge in [-0.1, -0.05) is 41.9 Å². The molecule has 34 heavy (non-hydrogen) atoms. The number of pyridine rings is 1. The number of benzene rings is 3. The predicted molar refractivity (Wildman–Crippen MR) is 133 cm³/mol.